The second-order valence-electron chi connectivity index (χ2n) is 2.43. The molecule has 0 aliphatic rings. The third-order valence-corrected chi connectivity index (χ3v) is 0.258. The summed E-state index contributed by atoms with van der Waals surface area (Å²) in [6.45, 7) is 4.00. The number of hydrogen-bond acceptors (Lipinski definition) is 2. The van der Waals surface area contributed by atoms with Crippen molar-refractivity contribution in [2.75, 3.05) is 35.2 Å². The molecule has 1 N–H and O–H groups in total. The van der Waals surface area contributed by atoms with Gasteiger partial charge in [0.05, 0.1) is 6.34 Å². The maximum atomic E-state index is 6.46. The van der Waals surface area contributed by atoms with Crippen molar-refractivity contribution in [1.29, 1.82) is 5.41 Å². The molecule has 0 atom stereocenters. The predicted molar refractivity (Wildman–Crippen MR) is 53.4 cm³/mol. The van der Waals surface area contributed by atoms with Gasteiger partial charge in [-0.2, -0.15) is 0 Å². The molecule has 0 aliphatic carbocycles. The smallest absolute Gasteiger partial charge is 0.0812 e. The number of hydrogen-bond donors (Lipinski definition) is 1. The van der Waals surface area contributed by atoms with Crippen LogP contribution in [-0.4, -0.2) is 51.4 Å². The summed E-state index contributed by atoms with van der Waals surface area (Å²) in [5.74, 6) is 0. The van der Waals surface area contributed by atoms with Crippen LogP contribution in [0.25, 0.3) is 0 Å². The lowest BCUT2D eigenvalue weighted by atomic mass is 11.0. The molecule has 0 fully saturated rings. The molecule has 0 radical (unpaired) electrons. The fraction of sp³-hybridized carbons (Fsp3) is 0.875. The van der Waals surface area contributed by atoms with Crippen molar-refractivity contribution in [3.8, 4) is 0 Å². The number of rotatable bonds is 1. The molecule has 0 aliphatic heterocycles. The highest BCUT2D eigenvalue weighted by Gasteiger charge is 1.64. The van der Waals surface area contributed by atoms with Crippen LogP contribution in [0.5, 0.6) is 0 Å². The summed E-state index contributed by atoms with van der Waals surface area (Å²) in [5, 5.41) is 6.46. The highest BCUT2D eigenvalue weighted by Crippen LogP contribution is 1.53. The van der Waals surface area contributed by atoms with Gasteiger partial charge in [0.2, 0.25) is 0 Å². The Hall–Kier alpha value is -0.570. The summed E-state index contributed by atoms with van der Waals surface area (Å²) in [6.07, 6.45) is 1.25. The molecule has 0 rings (SSSR count). The van der Waals surface area contributed by atoms with Gasteiger partial charge in [-0.05, 0) is 21.1 Å². The summed E-state index contributed by atoms with van der Waals surface area (Å²) < 4.78 is 0. The molecular weight excluding hydrogens is 138 g/mol. The fourth-order valence-corrected chi connectivity index (χ4v) is 0. The highest BCUT2D eigenvalue weighted by atomic mass is 15.1. The summed E-state index contributed by atoms with van der Waals surface area (Å²) in [7, 11) is 9.62. The lowest BCUT2D eigenvalue weighted by molar-refractivity contribution is 0.505. The first-order valence-corrected chi connectivity index (χ1v) is 3.78. The van der Waals surface area contributed by atoms with Crippen LogP contribution in [0.15, 0.2) is 0 Å². The second kappa shape index (κ2) is 16.2. The molecule has 0 unspecified atom stereocenters. The maximum absolute atomic E-state index is 6.46. The molecule has 70 valence electrons. The number of nitrogens with one attached hydrogen (secondary N) is 1. The van der Waals surface area contributed by atoms with E-state index in [1.165, 1.54) is 6.34 Å². The molecule has 3 heteroatoms. The van der Waals surface area contributed by atoms with Gasteiger partial charge in [-0.15, -0.1) is 0 Å². The van der Waals surface area contributed by atoms with Crippen molar-refractivity contribution < 1.29 is 0 Å². The minimum atomic E-state index is 1.25. The van der Waals surface area contributed by atoms with E-state index in [1.54, 1.807) is 4.90 Å². The van der Waals surface area contributed by atoms with Crippen molar-refractivity contribution in [2.45, 2.75) is 13.8 Å². The summed E-state index contributed by atoms with van der Waals surface area (Å²) in [5.41, 5.74) is 0. The van der Waals surface area contributed by atoms with E-state index in [9.17, 15) is 0 Å². The van der Waals surface area contributed by atoms with Crippen LogP contribution < -0.4 is 0 Å². The van der Waals surface area contributed by atoms with E-state index in [4.69, 9.17) is 5.41 Å². The van der Waals surface area contributed by atoms with Crippen LogP contribution >= 0.6 is 0 Å². The van der Waals surface area contributed by atoms with Gasteiger partial charge >= 0.3 is 0 Å². The van der Waals surface area contributed by atoms with Crippen molar-refractivity contribution in [2.24, 2.45) is 0 Å². The van der Waals surface area contributed by atoms with Gasteiger partial charge < -0.3 is 9.80 Å². The molecule has 0 saturated carbocycles. The van der Waals surface area contributed by atoms with E-state index >= 15 is 0 Å². The van der Waals surface area contributed by atoms with Crippen LogP contribution in [0.1, 0.15) is 13.8 Å². The minimum absolute atomic E-state index is 1.25. The van der Waals surface area contributed by atoms with Crippen LogP contribution in [-0.2, 0) is 0 Å². The monoisotopic (exact) mass is 161 g/mol. The van der Waals surface area contributed by atoms with Gasteiger partial charge in [-0.25, -0.2) is 0 Å². The zero-order valence-corrected chi connectivity index (χ0v) is 8.97. The molecule has 0 amide bonds. The van der Waals surface area contributed by atoms with Gasteiger partial charge in [-0.1, -0.05) is 13.8 Å². The Bertz CT molecular complexity index is 57.6. The quantitative estimate of drug-likeness (QED) is 0.465. The summed E-state index contributed by atoms with van der Waals surface area (Å²) >= 11 is 0. The first-order valence-electron chi connectivity index (χ1n) is 3.78. The molecule has 0 bridgehead atoms. The third-order valence-electron chi connectivity index (χ3n) is 0.258. The lowest BCUT2D eigenvalue weighted by Gasteiger charge is -1.96. The zero-order chi connectivity index (χ0) is 9.86. The van der Waals surface area contributed by atoms with E-state index < -0.39 is 0 Å². The van der Waals surface area contributed by atoms with Gasteiger partial charge in [-0.3, -0.25) is 5.41 Å². The molecule has 3 nitrogen and oxygen atoms in total. The Morgan fingerprint density at radius 1 is 0.909 bits per heavy atom. The standard InChI is InChI=1S/C3H8N2.C3H9N.C2H6/c1-5(2)3-4;1-4(2)3;1-2/h3-4H,1-2H3;1-3H3;1-2H3. The Labute approximate surface area is 71.5 Å². The molecule has 0 aromatic heterocycles. The van der Waals surface area contributed by atoms with Crippen molar-refractivity contribution in [3.63, 3.8) is 0 Å². The largest absolute Gasteiger partial charge is 0.369 e. The Kier molecular flexibility index (Phi) is 24.8. The minimum Gasteiger partial charge on any atom is -0.369 e. The topological polar surface area (TPSA) is 30.3 Å². The summed E-state index contributed by atoms with van der Waals surface area (Å²) in [4.78, 5) is 3.67. The van der Waals surface area contributed by atoms with E-state index in [0.29, 0.717) is 0 Å². The predicted octanol–water partition coefficient (Wildman–Crippen LogP) is 1.36. The molecule has 0 aromatic rings. The fourth-order valence-electron chi connectivity index (χ4n) is 0. The van der Waals surface area contributed by atoms with E-state index in [-0.39, 0.29) is 0 Å². The SMILES string of the molecule is CC.CN(C)C.CN(C)C=N. The van der Waals surface area contributed by atoms with E-state index in [1.807, 2.05) is 54.0 Å². The van der Waals surface area contributed by atoms with Gasteiger partial charge in [0.15, 0.2) is 0 Å². The number of nitrogens with zero attached hydrogens (tertiary/aromatic N) is 2. The summed E-state index contributed by atoms with van der Waals surface area (Å²) in [6, 6.07) is 0. The van der Waals surface area contributed by atoms with Crippen molar-refractivity contribution >= 4 is 6.34 Å². The van der Waals surface area contributed by atoms with Crippen LogP contribution in [0.2, 0.25) is 0 Å². The normalized spacial score (nSPS) is 6.91. The average Bonchev–Trinajstić information content (AvgIpc) is 1.91. The molecule has 0 saturated heterocycles. The van der Waals surface area contributed by atoms with Crippen molar-refractivity contribution in [1.82, 2.24) is 9.80 Å². The molecule has 0 spiro atoms. The van der Waals surface area contributed by atoms with Gasteiger partial charge in [0, 0.05) is 14.1 Å². The van der Waals surface area contributed by atoms with Gasteiger partial charge in [0.1, 0.15) is 0 Å². The molecule has 0 heterocycles. The van der Waals surface area contributed by atoms with Crippen molar-refractivity contribution in [3.05, 3.63) is 0 Å². The Balaban J connectivity index is -0.0000000965. The van der Waals surface area contributed by atoms with E-state index in [0.717, 1.165) is 0 Å². The van der Waals surface area contributed by atoms with Crippen LogP contribution in [0, 0.1) is 5.41 Å². The molecule has 11 heavy (non-hydrogen) atoms. The lowest BCUT2D eigenvalue weighted by Crippen LogP contribution is -2.05. The Morgan fingerprint density at radius 2 is 1.00 bits per heavy atom. The first-order chi connectivity index (χ1) is 5.00. The maximum Gasteiger partial charge on any atom is 0.0812 e. The van der Waals surface area contributed by atoms with Crippen LogP contribution in [0.3, 0.4) is 0 Å². The first kappa shape index (κ1) is 16.8. The zero-order valence-electron chi connectivity index (χ0n) is 8.97. The third kappa shape index (κ3) is 255. The Morgan fingerprint density at radius 3 is 1.00 bits per heavy atom. The molecular formula is C8H23N3. The molecule has 0 aromatic carbocycles. The van der Waals surface area contributed by atoms with Gasteiger partial charge in [0.25, 0.3) is 0 Å². The highest BCUT2D eigenvalue weighted by molar-refractivity contribution is 5.49. The van der Waals surface area contributed by atoms with Crippen LogP contribution in [0.4, 0.5) is 0 Å². The van der Waals surface area contributed by atoms with E-state index in [2.05, 4.69) is 0 Å². The second-order valence-corrected chi connectivity index (χ2v) is 2.43. The average molecular weight is 161 g/mol.